The van der Waals surface area contributed by atoms with Gasteiger partial charge in [-0.05, 0) is 17.7 Å². The molecule has 1 unspecified atom stereocenters. The fourth-order valence-corrected chi connectivity index (χ4v) is 1.50. The number of nitrogens with two attached hydrogens (primary N) is 1. The molecule has 5 heteroatoms. The van der Waals surface area contributed by atoms with E-state index in [0.717, 1.165) is 5.69 Å². The first-order valence-corrected chi connectivity index (χ1v) is 4.76. The maximum atomic E-state index is 10.7. The minimum Gasteiger partial charge on any atom is -0.480 e. The van der Waals surface area contributed by atoms with Gasteiger partial charge in [-0.1, -0.05) is 17.7 Å². The van der Waals surface area contributed by atoms with E-state index in [9.17, 15) is 4.79 Å². The Labute approximate surface area is 93.2 Å². The molecule has 4 nitrogen and oxygen atoms in total. The van der Waals surface area contributed by atoms with Crippen LogP contribution >= 0.6 is 11.6 Å². The van der Waals surface area contributed by atoms with E-state index in [1.165, 1.54) is 0 Å². The highest BCUT2D eigenvalue weighted by Crippen LogP contribution is 2.27. The summed E-state index contributed by atoms with van der Waals surface area (Å²) in [5.74, 6) is -1.05. The second-order valence-electron chi connectivity index (χ2n) is 3.42. The van der Waals surface area contributed by atoms with Crippen molar-refractivity contribution in [2.75, 3.05) is 19.0 Å². The highest BCUT2D eigenvalue weighted by molar-refractivity contribution is 6.33. The Kier molecular flexibility index (Phi) is 3.55. The van der Waals surface area contributed by atoms with Crippen molar-refractivity contribution in [3.8, 4) is 0 Å². The highest BCUT2D eigenvalue weighted by atomic mass is 35.5. The smallest absolute Gasteiger partial charge is 0.325 e. The van der Waals surface area contributed by atoms with Gasteiger partial charge >= 0.3 is 5.97 Å². The molecule has 0 saturated carbocycles. The first-order valence-electron chi connectivity index (χ1n) is 4.38. The number of halogens is 1. The topological polar surface area (TPSA) is 66.6 Å². The summed E-state index contributed by atoms with van der Waals surface area (Å²) in [4.78, 5) is 12.5. The van der Waals surface area contributed by atoms with Crippen LogP contribution in [-0.4, -0.2) is 25.2 Å². The lowest BCUT2D eigenvalue weighted by atomic mass is 10.1. The van der Waals surface area contributed by atoms with Crippen molar-refractivity contribution in [2.45, 2.75) is 6.04 Å². The van der Waals surface area contributed by atoms with Crippen LogP contribution in [0.25, 0.3) is 0 Å². The van der Waals surface area contributed by atoms with Gasteiger partial charge in [-0.25, -0.2) is 0 Å². The SMILES string of the molecule is CN(C)c1cc(C(N)C(=O)O)ccc1Cl. The summed E-state index contributed by atoms with van der Waals surface area (Å²) >= 11 is 5.95. The van der Waals surface area contributed by atoms with Gasteiger partial charge in [0.15, 0.2) is 0 Å². The third kappa shape index (κ3) is 2.61. The van der Waals surface area contributed by atoms with Crippen LogP contribution in [0.3, 0.4) is 0 Å². The number of benzene rings is 1. The van der Waals surface area contributed by atoms with E-state index in [4.69, 9.17) is 22.4 Å². The van der Waals surface area contributed by atoms with E-state index in [2.05, 4.69) is 0 Å². The molecular formula is C10H13ClN2O2. The van der Waals surface area contributed by atoms with E-state index in [1.807, 2.05) is 14.1 Å². The van der Waals surface area contributed by atoms with Crippen LogP contribution in [0, 0.1) is 0 Å². The number of hydrogen-bond donors (Lipinski definition) is 2. The predicted molar refractivity (Wildman–Crippen MR) is 60.3 cm³/mol. The molecular weight excluding hydrogens is 216 g/mol. The zero-order valence-corrected chi connectivity index (χ0v) is 9.32. The average Bonchev–Trinajstić information content (AvgIpc) is 2.16. The van der Waals surface area contributed by atoms with Gasteiger partial charge in [-0.15, -0.1) is 0 Å². The van der Waals surface area contributed by atoms with Gasteiger partial charge in [0.25, 0.3) is 0 Å². The Hall–Kier alpha value is -1.26. The fraction of sp³-hybridized carbons (Fsp3) is 0.300. The predicted octanol–water partition coefficient (Wildman–Crippen LogP) is 1.49. The quantitative estimate of drug-likeness (QED) is 0.823. The van der Waals surface area contributed by atoms with Crippen molar-refractivity contribution in [3.05, 3.63) is 28.8 Å². The number of aliphatic carboxylic acids is 1. The molecule has 0 spiro atoms. The Morgan fingerprint density at radius 1 is 1.53 bits per heavy atom. The number of anilines is 1. The van der Waals surface area contributed by atoms with E-state index < -0.39 is 12.0 Å². The molecule has 0 aliphatic rings. The van der Waals surface area contributed by atoms with E-state index in [-0.39, 0.29) is 0 Å². The third-order valence-corrected chi connectivity index (χ3v) is 2.40. The Morgan fingerprint density at radius 3 is 2.60 bits per heavy atom. The summed E-state index contributed by atoms with van der Waals surface area (Å²) in [6.45, 7) is 0. The third-order valence-electron chi connectivity index (χ3n) is 2.08. The Bertz CT molecular complexity index is 380. The molecule has 0 aliphatic carbocycles. The molecule has 0 radical (unpaired) electrons. The molecule has 0 aliphatic heterocycles. The van der Waals surface area contributed by atoms with Crippen LogP contribution in [0.15, 0.2) is 18.2 Å². The summed E-state index contributed by atoms with van der Waals surface area (Å²) in [5.41, 5.74) is 6.79. The van der Waals surface area contributed by atoms with E-state index >= 15 is 0 Å². The second-order valence-corrected chi connectivity index (χ2v) is 3.83. The number of nitrogens with zero attached hydrogens (tertiary/aromatic N) is 1. The first-order chi connectivity index (χ1) is 6.93. The number of carboxylic acid groups (broad SMARTS) is 1. The Balaban J connectivity index is 3.13. The summed E-state index contributed by atoms with van der Waals surface area (Å²) in [6, 6.07) is 3.94. The fourth-order valence-electron chi connectivity index (χ4n) is 1.21. The molecule has 0 fully saturated rings. The van der Waals surface area contributed by atoms with Crippen LogP contribution in [0.5, 0.6) is 0 Å². The van der Waals surface area contributed by atoms with E-state index in [1.54, 1.807) is 23.1 Å². The second kappa shape index (κ2) is 4.51. The standard InChI is InChI=1S/C10H13ClN2O2/c1-13(2)8-5-6(3-4-7(8)11)9(12)10(14)15/h3-5,9H,12H2,1-2H3,(H,14,15). The largest absolute Gasteiger partial charge is 0.480 e. The minimum absolute atomic E-state index is 0.538. The summed E-state index contributed by atoms with van der Waals surface area (Å²) in [5, 5.41) is 9.33. The van der Waals surface area contributed by atoms with Crippen LogP contribution in [-0.2, 0) is 4.79 Å². The zero-order valence-electron chi connectivity index (χ0n) is 8.57. The molecule has 0 heterocycles. The van der Waals surface area contributed by atoms with Gasteiger partial charge in [-0.2, -0.15) is 0 Å². The minimum atomic E-state index is -1.05. The molecule has 15 heavy (non-hydrogen) atoms. The van der Waals surface area contributed by atoms with Crippen molar-refractivity contribution in [1.82, 2.24) is 0 Å². The first kappa shape index (κ1) is 11.8. The van der Waals surface area contributed by atoms with E-state index in [0.29, 0.717) is 10.6 Å². The molecule has 0 bridgehead atoms. The number of hydrogen-bond acceptors (Lipinski definition) is 3. The highest BCUT2D eigenvalue weighted by Gasteiger charge is 2.15. The number of rotatable bonds is 3. The molecule has 0 aromatic heterocycles. The van der Waals surface area contributed by atoms with Gasteiger partial charge in [0.2, 0.25) is 0 Å². The maximum Gasteiger partial charge on any atom is 0.325 e. The zero-order chi connectivity index (χ0) is 11.6. The summed E-state index contributed by atoms with van der Waals surface area (Å²) in [7, 11) is 3.66. The molecule has 0 amide bonds. The number of carboxylic acids is 1. The average molecular weight is 229 g/mol. The van der Waals surface area contributed by atoms with Crippen molar-refractivity contribution < 1.29 is 9.90 Å². The van der Waals surface area contributed by atoms with Gasteiger partial charge in [0, 0.05) is 14.1 Å². The molecule has 3 N–H and O–H groups in total. The van der Waals surface area contributed by atoms with Gasteiger partial charge in [-0.3, -0.25) is 4.79 Å². The molecule has 1 atom stereocenters. The normalized spacial score (nSPS) is 12.3. The van der Waals surface area contributed by atoms with Gasteiger partial charge in [0.05, 0.1) is 10.7 Å². The molecule has 1 rings (SSSR count). The van der Waals surface area contributed by atoms with Crippen LogP contribution in [0.4, 0.5) is 5.69 Å². The lowest BCUT2D eigenvalue weighted by Gasteiger charge is -2.16. The molecule has 1 aromatic rings. The lowest BCUT2D eigenvalue weighted by molar-refractivity contribution is -0.138. The monoisotopic (exact) mass is 228 g/mol. The summed E-state index contributed by atoms with van der Waals surface area (Å²) in [6.07, 6.45) is 0. The van der Waals surface area contributed by atoms with Crippen molar-refractivity contribution in [3.63, 3.8) is 0 Å². The number of carbonyl (C=O) groups is 1. The maximum absolute atomic E-state index is 10.7. The Morgan fingerprint density at radius 2 is 2.13 bits per heavy atom. The van der Waals surface area contributed by atoms with Crippen LogP contribution < -0.4 is 10.6 Å². The van der Waals surface area contributed by atoms with Crippen molar-refractivity contribution >= 4 is 23.3 Å². The van der Waals surface area contributed by atoms with Crippen LogP contribution in [0.2, 0.25) is 5.02 Å². The lowest BCUT2D eigenvalue weighted by Crippen LogP contribution is -2.21. The van der Waals surface area contributed by atoms with Gasteiger partial charge < -0.3 is 15.7 Å². The molecule has 1 aromatic carbocycles. The van der Waals surface area contributed by atoms with Gasteiger partial charge in [0.1, 0.15) is 6.04 Å². The van der Waals surface area contributed by atoms with Crippen molar-refractivity contribution in [2.24, 2.45) is 5.73 Å². The molecule has 0 saturated heterocycles. The van der Waals surface area contributed by atoms with Crippen LogP contribution in [0.1, 0.15) is 11.6 Å². The summed E-state index contributed by atoms with van der Waals surface area (Å²) < 4.78 is 0. The van der Waals surface area contributed by atoms with Crippen molar-refractivity contribution in [1.29, 1.82) is 0 Å². The molecule has 82 valence electrons.